The quantitative estimate of drug-likeness (QED) is 0.624. The molecule has 2 N–H and O–H groups in total. The summed E-state index contributed by atoms with van der Waals surface area (Å²) in [5.41, 5.74) is 1.32. The summed E-state index contributed by atoms with van der Waals surface area (Å²) in [5, 5.41) is 3.11. The Morgan fingerprint density at radius 3 is 2.59 bits per heavy atom. The van der Waals surface area contributed by atoms with Gasteiger partial charge in [-0.15, -0.1) is 0 Å². The molecule has 1 aliphatic heterocycles. The number of H-pyrrole nitrogens is 1. The molecule has 4 rings (SSSR count). The summed E-state index contributed by atoms with van der Waals surface area (Å²) in [6, 6.07) is 12.6. The lowest BCUT2D eigenvalue weighted by Crippen LogP contribution is -2.39. The molecule has 0 bridgehead atoms. The Kier molecular flexibility index (Phi) is 5.84. The van der Waals surface area contributed by atoms with Gasteiger partial charge in [-0.1, -0.05) is 41.7 Å². The molecule has 0 radical (unpaired) electrons. The number of ether oxygens (including phenoxy) is 1. The van der Waals surface area contributed by atoms with E-state index in [0.29, 0.717) is 30.3 Å². The molecule has 0 saturated carbocycles. The highest BCUT2D eigenvalue weighted by Gasteiger charge is 2.28. The SMILES string of the molecule is CC(C)(C)OC(=O)N1CCc2nc(NC(=O)c3ccc(-c4ccccc4)[nH]c3=O)sc2C1. The third-order valence-electron chi connectivity index (χ3n) is 4.84. The molecule has 0 saturated heterocycles. The Morgan fingerprint density at radius 2 is 1.91 bits per heavy atom. The number of aromatic amines is 1. The second-order valence-electron chi connectivity index (χ2n) is 8.48. The fourth-order valence-corrected chi connectivity index (χ4v) is 4.35. The second kappa shape index (κ2) is 8.58. The molecule has 1 aromatic carbocycles. The maximum absolute atomic E-state index is 12.7. The number of aromatic nitrogens is 2. The van der Waals surface area contributed by atoms with Crippen LogP contribution in [0.2, 0.25) is 0 Å². The largest absolute Gasteiger partial charge is 0.444 e. The van der Waals surface area contributed by atoms with E-state index in [4.69, 9.17) is 4.74 Å². The Morgan fingerprint density at radius 1 is 1.16 bits per heavy atom. The highest BCUT2D eigenvalue weighted by Crippen LogP contribution is 2.29. The van der Waals surface area contributed by atoms with Gasteiger partial charge in [0, 0.05) is 23.5 Å². The summed E-state index contributed by atoms with van der Waals surface area (Å²) in [7, 11) is 0. The summed E-state index contributed by atoms with van der Waals surface area (Å²) < 4.78 is 5.44. The van der Waals surface area contributed by atoms with Crippen molar-refractivity contribution in [2.24, 2.45) is 0 Å². The van der Waals surface area contributed by atoms with Gasteiger partial charge in [-0.05, 0) is 38.5 Å². The first-order valence-electron chi connectivity index (χ1n) is 10.3. The van der Waals surface area contributed by atoms with Crippen LogP contribution >= 0.6 is 11.3 Å². The smallest absolute Gasteiger partial charge is 0.410 e. The van der Waals surface area contributed by atoms with Crippen molar-refractivity contribution in [2.75, 3.05) is 11.9 Å². The van der Waals surface area contributed by atoms with Crippen molar-refractivity contribution in [3.05, 3.63) is 69.0 Å². The fraction of sp³-hybridized carbons (Fsp3) is 0.304. The van der Waals surface area contributed by atoms with E-state index in [1.165, 1.54) is 17.4 Å². The fourth-order valence-electron chi connectivity index (χ4n) is 3.33. The van der Waals surface area contributed by atoms with Gasteiger partial charge in [0.05, 0.1) is 12.2 Å². The van der Waals surface area contributed by atoms with Crippen molar-refractivity contribution in [2.45, 2.75) is 39.3 Å². The zero-order valence-corrected chi connectivity index (χ0v) is 18.9. The zero-order chi connectivity index (χ0) is 22.9. The lowest BCUT2D eigenvalue weighted by atomic mass is 10.1. The van der Waals surface area contributed by atoms with E-state index >= 15 is 0 Å². The molecule has 2 aromatic heterocycles. The second-order valence-corrected chi connectivity index (χ2v) is 9.56. The maximum Gasteiger partial charge on any atom is 0.410 e. The molecule has 3 heterocycles. The highest BCUT2D eigenvalue weighted by molar-refractivity contribution is 7.15. The van der Waals surface area contributed by atoms with E-state index in [2.05, 4.69) is 15.3 Å². The molecule has 0 atom stereocenters. The molecule has 0 unspecified atom stereocenters. The number of hydrogen-bond donors (Lipinski definition) is 2. The number of benzene rings is 1. The summed E-state index contributed by atoms with van der Waals surface area (Å²) in [6.07, 6.45) is 0.208. The molecule has 9 heteroatoms. The third kappa shape index (κ3) is 4.88. The van der Waals surface area contributed by atoms with Gasteiger partial charge in [0.2, 0.25) is 0 Å². The number of fused-ring (bicyclic) bond motifs is 1. The Bertz CT molecular complexity index is 1210. The number of thiazole rings is 1. The molecule has 1 aliphatic rings. The third-order valence-corrected chi connectivity index (χ3v) is 5.84. The van der Waals surface area contributed by atoms with E-state index in [-0.39, 0.29) is 11.7 Å². The summed E-state index contributed by atoms with van der Waals surface area (Å²) in [6.45, 7) is 6.36. The van der Waals surface area contributed by atoms with Gasteiger partial charge < -0.3 is 14.6 Å². The van der Waals surface area contributed by atoms with Crippen LogP contribution in [0.4, 0.5) is 9.93 Å². The molecular formula is C23H24N4O4S. The van der Waals surface area contributed by atoms with Gasteiger partial charge >= 0.3 is 6.09 Å². The van der Waals surface area contributed by atoms with Gasteiger partial charge in [-0.25, -0.2) is 9.78 Å². The van der Waals surface area contributed by atoms with E-state index < -0.39 is 17.1 Å². The van der Waals surface area contributed by atoms with Crippen LogP contribution in [0.15, 0.2) is 47.3 Å². The van der Waals surface area contributed by atoms with Crippen LogP contribution in [0, 0.1) is 0 Å². The van der Waals surface area contributed by atoms with Gasteiger partial charge in [-0.3, -0.25) is 14.9 Å². The number of pyridine rings is 1. The molecule has 0 aliphatic carbocycles. The van der Waals surface area contributed by atoms with E-state index in [0.717, 1.165) is 16.1 Å². The normalized spacial score (nSPS) is 13.4. The Hall–Kier alpha value is -3.46. The van der Waals surface area contributed by atoms with Crippen molar-refractivity contribution < 1.29 is 14.3 Å². The van der Waals surface area contributed by atoms with Crippen molar-refractivity contribution in [3.8, 4) is 11.3 Å². The summed E-state index contributed by atoms with van der Waals surface area (Å²) in [5.74, 6) is -0.527. The Labute approximate surface area is 189 Å². The highest BCUT2D eigenvalue weighted by atomic mass is 32.1. The average molecular weight is 453 g/mol. The lowest BCUT2D eigenvalue weighted by molar-refractivity contribution is 0.0225. The van der Waals surface area contributed by atoms with Gasteiger partial charge in [-0.2, -0.15) is 0 Å². The minimum Gasteiger partial charge on any atom is -0.444 e. The van der Waals surface area contributed by atoms with Crippen molar-refractivity contribution in [3.63, 3.8) is 0 Å². The minimum atomic E-state index is -0.562. The molecule has 32 heavy (non-hydrogen) atoms. The van der Waals surface area contributed by atoms with Crippen molar-refractivity contribution in [1.29, 1.82) is 0 Å². The van der Waals surface area contributed by atoms with Crippen LogP contribution in [0.25, 0.3) is 11.3 Å². The standard InChI is InChI=1S/C23H24N4O4S/c1-23(2,3)31-22(30)27-12-11-17-18(13-27)32-21(25-17)26-20(29)15-9-10-16(24-19(15)28)14-7-5-4-6-8-14/h4-10H,11-13H2,1-3H3,(H,24,28)(H,25,26,29). The number of nitrogens with zero attached hydrogens (tertiary/aromatic N) is 2. The predicted octanol–water partition coefficient (Wildman–Crippen LogP) is 4.04. The first kappa shape index (κ1) is 21.8. The summed E-state index contributed by atoms with van der Waals surface area (Å²) >= 11 is 1.30. The van der Waals surface area contributed by atoms with E-state index in [9.17, 15) is 14.4 Å². The van der Waals surface area contributed by atoms with Crippen LogP contribution in [-0.4, -0.2) is 39.0 Å². The summed E-state index contributed by atoms with van der Waals surface area (Å²) in [4.78, 5) is 47.2. The lowest BCUT2D eigenvalue weighted by Gasteiger charge is -2.29. The molecule has 166 valence electrons. The van der Waals surface area contributed by atoms with Crippen LogP contribution in [0.5, 0.6) is 0 Å². The molecule has 8 nitrogen and oxygen atoms in total. The molecule has 3 aromatic rings. The first-order chi connectivity index (χ1) is 15.2. The monoisotopic (exact) mass is 452 g/mol. The van der Waals surface area contributed by atoms with E-state index in [1.807, 2.05) is 51.1 Å². The Balaban J connectivity index is 1.45. The number of carbonyl (C=O) groups is 2. The number of amides is 2. The van der Waals surface area contributed by atoms with Gasteiger partial charge in [0.1, 0.15) is 11.2 Å². The van der Waals surface area contributed by atoms with Crippen LogP contribution < -0.4 is 10.9 Å². The van der Waals surface area contributed by atoms with Crippen molar-refractivity contribution >= 4 is 28.5 Å². The maximum atomic E-state index is 12.7. The van der Waals surface area contributed by atoms with Crippen LogP contribution in [-0.2, 0) is 17.7 Å². The zero-order valence-electron chi connectivity index (χ0n) is 18.1. The number of hydrogen-bond acceptors (Lipinski definition) is 6. The topological polar surface area (TPSA) is 104 Å². The molecular weight excluding hydrogens is 428 g/mol. The molecule has 0 fully saturated rings. The van der Waals surface area contributed by atoms with Gasteiger partial charge in [0.25, 0.3) is 11.5 Å². The van der Waals surface area contributed by atoms with E-state index in [1.54, 1.807) is 11.0 Å². The van der Waals surface area contributed by atoms with Gasteiger partial charge in [0.15, 0.2) is 5.13 Å². The number of rotatable bonds is 3. The van der Waals surface area contributed by atoms with Crippen LogP contribution in [0.1, 0.15) is 41.7 Å². The number of nitrogens with one attached hydrogen (secondary N) is 2. The van der Waals surface area contributed by atoms with Crippen molar-refractivity contribution in [1.82, 2.24) is 14.9 Å². The predicted molar refractivity (Wildman–Crippen MR) is 123 cm³/mol. The molecule has 0 spiro atoms. The molecule has 2 amide bonds. The minimum absolute atomic E-state index is 0.00762. The number of carbonyl (C=O) groups excluding carboxylic acids is 2. The number of anilines is 1. The average Bonchev–Trinajstić information content (AvgIpc) is 3.14. The first-order valence-corrected chi connectivity index (χ1v) is 11.1. The van der Waals surface area contributed by atoms with Crippen LogP contribution in [0.3, 0.4) is 0 Å².